The summed E-state index contributed by atoms with van der Waals surface area (Å²) in [7, 11) is 1.59. The third kappa shape index (κ3) is 4.82. The minimum atomic E-state index is -0.131. The van der Waals surface area contributed by atoms with Crippen molar-refractivity contribution in [2.75, 3.05) is 38.1 Å². The minimum absolute atomic E-state index is 0.0966. The van der Waals surface area contributed by atoms with Gasteiger partial charge in [0.05, 0.1) is 19.5 Å². The number of carbonyl (C=O) groups excluding carboxylic acids is 2. The highest BCUT2D eigenvalue weighted by molar-refractivity contribution is 8.00. The number of ether oxygens (including phenoxy) is 4. The van der Waals surface area contributed by atoms with Gasteiger partial charge in [-0.3, -0.25) is 9.59 Å². The van der Waals surface area contributed by atoms with E-state index in [9.17, 15) is 9.59 Å². The normalized spacial score (nSPS) is 17.0. The van der Waals surface area contributed by atoms with Crippen LogP contribution in [-0.4, -0.2) is 49.5 Å². The predicted molar refractivity (Wildman–Crippen MR) is 117 cm³/mol. The maximum absolute atomic E-state index is 12.5. The molecule has 2 heterocycles. The SMILES string of the molecule is COc1cc(C2SCC(=O)N2CCCOc2cccc(NC(C)=O)c2)cc2c1OCO2. The first-order valence-corrected chi connectivity index (χ1v) is 11.0. The van der Waals surface area contributed by atoms with E-state index >= 15 is 0 Å². The van der Waals surface area contributed by atoms with Gasteiger partial charge in [-0.2, -0.15) is 0 Å². The van der Waals surface area contributed by atoms with Crippen LogP contribution >= 0.6 is 11.8 Å². The molecule has 2 aliphatic rings. The average molecular weight is 445 g/mol. The van der Waals surface area contributed by atoms with Crippen molar-refractivity contribution >= 4 is 29.3 Å². The van der Waals surface area contributed by atoms with Gasteiger partial charge in [-0.25, -0.2) is 0 Å². The molecule has 8 nitrogen and oxygen atoms in total. The number of nitrogens with zero attached hydrogens (tertiary/aromatic N) is 1. The molecule has 1 fully saturated rings. The second-order valence-electron chi connectivity index (χ2n) is 7.12. The zero-order valence-corrected chi connectivity index (χ0v) is 18.2. The van der Waals surface area contributed by atoms with Crippen LogP contribution in [0.15, 0.2) is 36.4 Å². The lowest BCUT2D eigenvalue weighted by atomic mass is 10.1. The Balaban J connectivity index is 1.37. The van der Waals surface area contributed by atoms with Gasteiger partial charge in [0.15, 0.2) is 11.5 Å². The van der Waals surface area contributed by atoms with Crippen molar-refractivity contribution in [3.8, 4) is 23.0 Å². The Labute approximate surface area is 184 Å². The van der Waals surface area contributed by atoms with Crippen LogP contribution in [0.1, 0.15) is 24.3 Å². The number of amides is 2. The lowest BCUT2D eigenvalue weighted by Crippen LogP contribution is -2.30. The van der Waals surface area contributed by atoms with Crippen LogP contribution in [0, 0.1) is 0 Å². The number of thioether (sulfide) groups is 1. The highest BCUT2D eigenvalue weighted by Crippen LogP contribution is 2.47. The monoisotopic (exact) mass is 444 g/mol. The standard InChI is InChI=1S/C22H24N2O6S/c1-14(25)23-16-5-3-6-17(11-16)28-8-4-7-24-20(26)12-31-22(24)15-9-18(27-2)21-19(10-15)29-13-30-21/h3,5-6,9-11,22H,4,7-8,12-13H2,1-2H3,(H,23,25). The smallest absolute Gasteiger partial charge is 0.233 e. The Kier molecular flexibility index (Phi) is 6.41. The Bertz CT molecular complexity index is 982. The summed E-state index contributed by atoms with van der Waals surface area (Å²) in [5.41, 5.74) is 1.63. The lowest BCUT2D eigenvalue weighted by Gasteiger charge is -2.25. The number of methoxy groups -OCH3 is 1. The summed E-state index contributed by atoms with van der Waals surface area (Å²) < 4.78 is 22.2. The van der Waals surface area contributed by atoms with Crippen molar-refractivity contribution in [2.45, 2.75) is 18.7 Å². The van der Waals surface area contributed by atoms with Crippen molar-refractivity contribution in [2.24, 2.45) is 0 Å². The van der Waals surface area contributed by atoms with Crippen molar-refractivity contribution in [1.82, 2.24) is 4.90 Å². The molecule has 0 bridgehead atoms. The van der Waals surface area contributed by atoms with Crippen molar-refractivity contribution in [3.05, 3.63) is 42.0 Å². The summed E-state index contributed by atoms with van der Waals surface area (Å²) in [6.45, 7) is 2.65. The number of hydrogen-bond donors (Lipinski definition) is 1. The molecule has 2 aromatic carbocycles. The highest BCUT2D eigenvalue weighted by atomic mass is 32.2. The number of hydrogen-bond acceptors (Lipinski definition) is 7. The van der Waals surface area contributed by atoms with E-state index in [0.717, 1.165) is 5.56 Å². The molecular weight excluding hydrogens is 420 g/mol. The fraction of sp³-hybridized carbons (Fsp3) is 0.364. The number of rotatable bonds is 8. The zero-order valence-electron chi connectivity index (χ0n) is 17.4. The summed E-state index contributed by atoms with van der Waals surface area (Å²) >= 11 is 1.58. The molecule has 4 rings (SSSR count). The number of fused-ring (bicyclic) bond motifs is 1. The van der Waals surface area contributed by atoms with E-state index in [4.69, 9.17) is 18.9 Å². The van der Waals surface area contributed by atoms with Gasteiger partial charge in [-0.05, 0) is 36.2 Å². The second kappa shape index (κ2) is 9.38. The predicted octanol–water partition coefficient (Wildman–Crippen LogP) is 3.43. The number of nitrogens with one attached hydrogen (secondary N) is 1. The van der Waals surface area contributed by atoms with E-state index in [1.165, 1.54) is 6.92 Å². The fourth-order valence-corrected chi connectivity index (χ4v) is 4.75. The molecule has 2 aliphatic heterocycles. The van der Waals surface area contributed by atoms with E-state index in [1.54, 1.807) is 31.0 Å². The zero-order chi connectivity index (χ0) is 21.8. The Morgan fingerprint density at radius 1 is 1.29 bits per heavy atom. The van der Waals surface area contributed by atoms with Gasteiger partial charge in [0, 0.05) is 25.2 Å². The van der Waals surface area contributed by atoms with Crippen molar-refractivity contribution in [1.29, 1.82) is 0 Å². The molecule has 1 saturated heterocycles. The van der Waals surface area contributed by atoms with Crippen molar-refractivity contribution < 1.29 is 28.5 Å². The first-order chi connectivity index (χ1) is 15.0. The third-order valence-corrected chi connectivity index (χ3v) is 6.16. The first kappa shape index (κ1) is 21.2. The average Bonchev–Trinajstić information content (AvgIpc) is 3.37. The van der Waals surface area contributed by atoms with Gasteiger partial charge in [0.2, 0.25) is 24.4 Å². The molecule has 31 heavy (non-hydrogen) atoms. The first-order valence-electron chi connectivity index (χ1n) is 9.94. The van der Waals surface area contributed by atoms with E-state index in [0.29, 0.717) is 54.0 Å². The van der Waals surface area contributed by atoms with E-state index in [2.05, 4.69) is 5.32 Å². The Hall–Kier alpha value is -3.07. The van der Waals surface area contributed by atoms with Crippen LogP contribution in [0.5, 0.6) is 23.0 Å². The molecule has 1 atom stereocenters. The van der Waals surface area contributed by atoms with Crippen LogP contribution < -0.4 is 24.3 Å². The quantitative estimate of drug-likeness (QED) is 0.625. The van der Waals surface area contributed by atoms with E-state index < -0.39 is 0 Å². The van der Waals surface area contributed by atoms with Gasteiger partial charge in [-0.15, -0.1) is 11.8 Å². The molecule has 0 saturated carbocycles. The molecule has 0 aliphatic carbocycles. The third-order valence-electron chi connectivity index (χ3n) is 4.90. The molecule has 164 valence electrons. The van der Waals surface area contributed by atoms with Gasteiger partial charge in [0.25, 0.3) is 0 Å². The van der Waals surface area contributed by atoms with Gasteiger partial charge in [0.1, 0.15) is 11.1 Å². The summed E-state index contributed by atoms with van der Waals surface area (Å²) in [6.07, 6.45) is 0.675. The highest BCUT2D eigenvalue weighted by Gasteiger charge is 2.34. The molecule has 0 radical (unpaired) electrons. The van der Waals surface area contributed by atoms with Crippen LogP contribution in [-0.2, 0) is 9.59 Å². The van der Waals surface area contributed by atoms with Gasteiger partial charge >= 0.3 is 0 Å². The number of carbonyl (C=O) groups is 2. The van der Waals surface area contributed by atoms with Crippen LogP contribution in [0.2, 0.25) is 0 Å². The number of anilines is 1. The van der Waals surface area contributed by atoms with Gasteiger partial charge in [-0.1, -0.05) is 6.07 Å². The van der Waals surface area contributed by atoms with Crippen LogP contribution in [0.25, 0.3) is 0 Å². The van der Waals surface area contributed by atoms with E-state index in [1.807, 2.05) is 29.2 Å². The van der Waals surface area contributed by atoms with Crippen LogP contribution in [0.4, 0.5) is 5.69 Å². The molecule has 2 aromatic rings. The molecule has 1 unspecified atom stereocenters. The topological polar surface area (TPSA) is 86.3 Å². The lowest BCUT2D eigenvalue weighted by molar-refractivity contribution is -0.128. The molecule has 0 aromatic heterocycles. The van der Waals surface area contributed by atoms with E-state index in [-0.39, 0.29) is 24.0 Å². The maximum atomic E-state index is 12.5. The minimum Gasteiger partial charge on any atom is -0.493 e. The Morgan fingerprint density at radius 2 is 2.16 bits per heavy atom. The molecule has 1 N–H and O–H groups in total. The van der Waals surface area contributed by atoms with Crippen LogP contribution in [0.3, 0.4) is 0 Å². The molecule has 9 heteroatoms. The maximum Gasteiger partial charge on any atom is 0.233 e. The summed E-state index contributed by atoms with van der Waals surface area (Å²) in [6, 6.07) is 11.1. The second-order valence-corrected chi connectivity index (χ2v) is 8.19. The fourth-order valence-electron chi connectivity index (χ4n) is 3.56. The molecule has 2 amide bonds. The van der Waals surface area contributed by atoms with Crippen molar-refractivity contribution in [3.63, 3.8) is 0 Å². The van der Waals surface area contributed by atoms with Gasteiger partial charge < -0.3 is 29.2 Å². The summed E-state index contributed by atoms with van der Waals surface area (Å²) in [4.78, 5) is 25.6. The number of benzene rings is 2. The Morgan fingerprint density at radius 3 is 2.97 bits per heavy atom. The summed E-state index contributed by atoms with van der Waals surface area (Å²) in [5, 5.41) is 2.62. The molecular formula is C22H24N2O6S. The largest absolute Gasteiger partial charge is 0.493 e. The molecule has 0 spiro atoms. The summed E-state index contributed by atoms with van der Waals surface area (Å²) in [5.74, 6) is 2.91.